The van der Waals surface area contributed by atoms with E-state index in [9.17, 15) is 0 Å². The normalized spacial score (nSPS) is 11.2. The third-order valence-corrected chi connectivity index (χ3v) is 2.28. The summed E-state index contributed by atoms with van der Waals surface area (Å²) in [6.45, 7) is 8.06. The molecule has 0 aromatic carbocycles. The summed E-state index contributed by atoms with van der Waals surface area (Å²) in [5, 5.41) is 9.16. The largest absolute Gasteiger partial charge is 0.392 e. The molecule has 0 spiro atoms. The summed E-state index contributed by atoms with van der Waals surface area (Å²) < 4.78 is 0. The maximum absolute atomic E-state index is 9.16. The number of aliphatic hydroxyl groups is 1. The smallest absolute Gasteiger partial charge is 0.0699 e. The summed E-state index contributed by atoms with van der Waals surface area (Å²) in [6.07, 6.45) is 8.68. The van der Waals surface area contributed by atoms with Gasteiger partial charge in [-0.15, -0.1) is 0 Å². The average Bonchev–Trinajstić information content (AvgIpc) is 2.41. The van der Waals surface area contributed by atoms with Crippen LogP contribution in [0.2, 0.25) is 0 Å². The van der Waals surface area contributed by atoms with Crippen LogP contribution in [-0.2, 0) is 13.0 Å². The van der Waals surface area contributed by atoms with Crippen LogP contribution in [0.5, 0.6) is 0 Å². The van der Waals surface area contributed by atoms with Crippen molar-refractivity contribution in [1.82, 2.24) is 4.98 Å². The molecule has 1 N–H and O–H groups in total. The van der Waals surface area contributed by atoms with Crippen LogP contribution in [-0.4, -0.2) is 10.1 Å². The Kier molecular flexibility index (Phi) is 8.98. The second-order valence-electron chi connectivity index (χ2n) is 3.31. The van der Waals surface area contributed by atoms with E-state index in [0.29, 0.717) is 0 Å². The molecule has 0 bridgehead atoms. The summed E-state index contributed by atoms with van der Waals surface area (Å²) >= 11 is 0. The van der Waals surface area contributed by atoms with Crippen molar-refractivity contribution in [3.05, 3.63) is 53.4 Å². The molecule has 0 atom stereocenters. The number of aromatic nitrogens is 1. The second kappa shape index (κ2) is 9.79. The van der Waals surface area contributed by atoms with Crippen LogP contribution in [0.4, 0.5) is 0 Å². The van der Waals surface area contributed by atoms with Crippen molar-refractivity contribution < 1.29 is 5.11 Å². The maximum Gasteiger partial charge on any atom is 0.0699 e. The lowest BCUT2D eigenvalue weighted by atomic mass is 10.1. The fraction of sp³-hybridized carbons (Fsp3) is 0.400. The topological polar surface area (TPSA) is 33.1 Å². The minimum Gasteiger partial charge on any atom is -0.392 e. The molecule has 1 heterocycles. The molecule has 0 fully saturated rings. The van der Waals surface area contributed by atoms with Gasteiger partial charge in [-0.2, -0.15) is 0 Å². The SMILES string of the molecule is C/C=C\C(=C/C)Cc1ncccc1CO.CC. The quantitative estimate of drug-likeness (QED) is 0.805. The first-order valence-corrected chi connectivity index (χ1v) is 6.13. The van der Waals surface area contributed by atoms with Gasteiger partial charge in [0.2, 0.25) is 0 Å². The van der Waals surface area contributed by atoms with E-state index in [1.807, 2.05) is 45.9 Å². The van der Waals surface area contributed by atoms with Crippen LogP contribution >= 0.6 is 0 Å². The van der Waals surface area contributed by atoms with Crippen LogP contribution in [0.25, 0.3) is 0 Å². The fourth-order valence-electron chi connectivity index (χ4n) is 1.44. The summed E-state index contributed by atoms with van der Waals surface area (Å²) in [7, 11) is 0. The molecule has 0 radical (unpaired) electrons. The summed E-state index contributed by atoms with van der Waals surface area (Å²) in [5.41, 5.74) is 3.07. The van der Waals surface area contributed by atoms with Crippen LogP contribution < -0.4 is 0 Å². The number of allylic oxidation sites excluding steroid dienone is 4. The van der Waals surface area contributed by atoms with E-state index in [1.165, 1.54) is 5.57 Å². The van der Waals surface area contributed by atoms with Gasteiger partial charge in [-0.1, -0.05) is 38.1 Å². The molecule has 2 nitrogen and oxygen atoms in total. The number of hydrogen-bond donors (Lipinski definition) is 1. The van der Waals surface area contributed by atoms with Gasteiger partial charge in [0.05, 0.1) is 12.3 Å². The van der Waals surface area contributed by atoms with Gasteiger partial charge < -0.3 is 5.11 Å². The van der Waals surface area contributed by atoms with Crippen molar-refractivity contribution in [2.45, 2.75) is 40.7 Å². The van der Waals surface area contributed by atoms with Crippen LogP contribution in [0, 0.1) is 0 Å². The Labute approximate surface area is 105 Å². The van der Waals surface area contributed by atoms with Gasteiger partial charge in [-0.25, -0.2) is 0 Å². The molecule has 1 aromatic rings. The molecule has 0 aliphatic rings. The van der Waals surface area contributed by atoms with Gasteiger partial charge in [0.1, 0.15) is 0 Å². The summed E-state index contributed by atoms with van der Waals surface area (Å²) in [5.74, 6) is 0. The zero-order valence-electron chi connectivity index (χ0n) is 11.3. The molecule has 94 valence electrons. The Hall–Kier alpha value is -1.41. The summed E-state index contributed by atoms with van der Waals surface area (Å²) in [4.78, 5) is 4.28. The first kappa shape index (κ1) is 15.6. The highest BCUT2D eigenvalue weighted by molar-refractivity contribution is 5.28. The van der Waals surface area contributed by atoms with Crippen molar-refractivity contribution in [2.24, 2.45) is 0 Å². The Morgan fingerprint density at radius 3 is 2.59 bits per heavy atom. The molecule has 0 aliphatic carbocycles. The molecular weight excluding hydrogens is 210 g/mol. The number of aliphatic hydroxyl groups excluding tert-OH is 1. The zero-order valence-corrected chi connectivity index (χ0v) is 11.3. The predicted octanol–water partition coefficient (Wildman–Crippen LogP) is 3.67. The monoisotopic (exact) mass is 233 g/mol. The van der Waals surface area contributed by atoms with E-state index in [2.05, 4.69) is 17.1 Å². The third kappa shape index (κ3) is 5.45. The highest BCUT2D eigenvalue weighted by Gasteiger charge is 2.03. The van der Waals surface area contributed by atoms with Crippen molar-refractivity contribution in [1.29, 1.82) is 0 Å². The molecule has 1 aromatic heterocycles. The molecule has 0 saturated heterocycles. The molecule has 17 heavy (non-hydrogen) atoms. The van der Waals surface area contributed by atoms with Crippen LogP contribution in [0.15, 0.2) is 42.1 Å². The van der Waals surface area contributed by atoms with E-state index < -0.39 is 0 Å². The number of pyridine rings is 1. The Morgan fingerprint density at radius 2 is 2.06 bits per heavy atom. The number of nitrogens with zero attached hydrogens (tertiary/aromatic N) is 1. The van der Waals surface area contributed by atoms with E-state index >= 15 is 0 Å². The van der Waals surface area contributed by atoms with Gasteiger partial charge in [0.25, 0.3) is 0 Å². The lowest BCUT2D eigenvalue weighted by Gasteiger charge is -2.06. The zero-order chi connectivity index (χ0) is 13.1. The maximum atomic E-state index is 9.16. The molecule has 0 saturated carbocycles. The van der Waals surface area contributed by atoms with Crippen molar-refractivity contribution in [2.75, 3.05) is 0 Å². The lowest BCUT2D eigenvalue weighted by Crippen LogP contribution is -1.98. The van der Waals surface area contributed by atoms with Gasteiger partial charge >= 0.3 is 0 Å². The van der Waals surface area contributed by atoms with E-state index in [-0.39, 0.29) is 6.61 Å². The fourth-order valence-corrected chi connectivity index (χ4v) is 1.44. The summed E-state index contributed by atoms with van der Waals surface area (Å²) in [6, 6.07) is 3.76. The minimum absolute atomic E-state index is 0.0516. The third-order valence-electron chi connectivity index (χ3n) is 2.28. The number of rotatable bonds is 4. The first-order valence-electron chi connectivity index (χ1n) is 6.13. The Bertz CT molecular complexity index is 367. The second-order valence-corrected chi connectivity index (χ2v) is 3.31. The Morgan fingerprint density at radius 1 is 1.35 bits per heavy atom. The molecular formula is C15H23NO. The van der Waals surface area contributed by atoms with Gasteiger partial charge in [-0.05, 0) is 31.1 Å². The molecule has 0 aliphatic heterocycles. The number of hydrogen-bond acceptors (Lipinski definition) is 2. The van der Waals surface area contributed by atoms with E-state index in [0.717, 1.165) is 17.7 Å². The highest BCUT2D eigenvalue weighted by Crippen LogP contribution is 2.12. The standard InChI is InChI=1S/C13H17NO.C2H6/c1-3-6-11(4-2)9-13-12(10-15)7-5-8-14-13;1-2/h3-8,15H,9-10H2,1-2H3;1-2H3/b6-3-,11-4+;. The van der Waals surface area contributed by atoms with Crippen molar-refractivity contribution in [3.8, 4) is 0 Å². The molecule has 0 amide bonds. The van der Waals surface area contributed by atoms with E-state index in [4.69, 9.17) is 5.11 Å². The van der Waals surface area contributed by atoms with Gasteiger partial charge in [-0.3, -0.25) is 4.98 Å². The minimum atomic E-state index is 0.0516. The predicted molar refractivity (Wildman–Crippen MR) is 73.8 cm³/mol. The molecule has 0 unspecified atom stereocenters. The molecule has 1 rings (SSSR count). The molecule has 2 heteroatoms. The lowest BCUT2D eigenvalue weighted by molar-refractivity contribution is 0.280. The Balaban J connectivity index is 0.00000121. The van der Waals surface area contributed by atoms with Crippen LogP contribution in [0.3, 0.4) is 0 Å². The van der Waals surface area contributed by atoms with Crippen LogP contribution in [0.1, 0.15) is 39.0 Å². The van der Waals surface area contributed by atoms with Crippen molar-refractivity contribution >= 4 is 0 Å². The van der Waals surface area contributed by atoms with Gasteiger partial charge in [0.15, 0.2) is 0 Å². The van der Waals surface area contributed by atoms with E-state index in [1.54, 1.807) is 6.20 Å². The van der Waals surface area contributed by atoms with Gasteiger partial charge in [0, 0.05) is 12.6 Å². The average molecular weight is 233 g/mol. The highest BCUT2D eigenvalue weighted by atomic mass is 16.3. The van der Waals surface area contributed by atoms with Crippen molar-refractivity contribution in [3.63, 3.8) is 0 Å². The first-order chi connectivity index (χ1) is 8.31.